The largest absolute Gasteiger partial charge is 0.481 e. The molecule has 19 heavy (non-hydrogen) atoms. The number of aliphatic carboxylic acids is 1. The summed E-state index contributed by atoms with van der Waals surface area (Å²) >= 11 is 0. The van der Waals surface area contributed by atoms with Gasteiger partial charge in [-0.2, -0.15) is 0 Å². The van der Waals surface area contributed by atoms with Crippen LogP contribution < -0.4 is 5.32 Å². The summed E-state index contributed by atoms with van der Waals surface area (Å²) in [5.74, 6) is -0.795. The van der Waals surface area contributed by atoms with Gasteiger partial charge < -0.3 is 10.4 Å². The topological polar surface area (TPSA) is 49.3 Å². The SMILES string of the molecule is CCNC(C)(CC(=O)O)c1ccc2ccccc2c1. The van der Waals surface area contributed by atoms with E-state index in [1.165, 1.54) is 5.39 Å². The molecule has 2 aromatic carbocycles. The zero-order valence-electron chi connectivity index (χ0n) is 11.3. The predicted octanol–water partition coefficient (Wildman–Crippen LogP) is 3.14. The summed E-state index contributed by atoms with van der Waals surface area (Å²) < 4.78 is 0. The molecule has 0 aromatic heterocycles. The van der Waals surface area contributed by atoms with Gasteiger partial charge >= 0.3 is 5.97 Å². The first-order valence-electron chi connectivity index (χ1n) is 6.51. The Balaban J connectivity index is 2.46. The lowest BCUT2D eigenvalue weighted by atomic mass is 9.87. The summed E-state index contributed by atoms with van der Waals surface area (Å²) in [6.45, 7) is 4.66. The molecule has 0 saturated heterocycles. The predicted molar refractivity (Wildman–Crippen MR) is 77.2 cm³/mol. The van der Waals surface area contributed by atoms with E-state index in [2.05, 4.69) is 17.4 Å². The lowest BCUT2D eigenvalue weighted by Gasteiger charge is -2.30. The molecule has 0 radical (unpaired) electrons. The minimum atomic E-state index is -0.795. The minimum absolute atomic E-state index is 0.0686. The number of carboxylic acid groups (broad SMARTS) is 1. The van der Waals surface area contributed by atoms with E-state index >= 15 is 0 Å². The fraction of sp³-hybridized carbons (Fsp3) is 0.312. The lowest BCUT2D eigenvalue weighted by Crippen LogP contribution is -2.41. The first-order chi connectivity index (χ1) is 9.05. The Kier molecular flexibility index (Phi) is 3.86. The highest BCUT2D eigenvalue weighted by Gasteiger charge is 2.28. The van der Waals surface area contributed by atoms with Crippen LogP contribution in [0.1, 0.15) is 25.8 Å². The Labute approximate surface area is 113 Å². The van der Waals surface area contributed by atoms with Crippen molar-refractivity contribution in [3.63, 3.8) is 0 Å². The van der Waals surface area contributed by atoms with Gasteiger partial charge in [-0.05, 0) is 35.9 Å². The molecule has 3 nitrogen and oxygen atoms in total. The Morgan fingerprint density at radius 3 is 2.53 bits per heavy atom. The van der Waals surface area contributed by atoms with E-state index in [-0.39, 0.29) is 6.42 Å². The van der Waals surface area contributed by atoms with Crippen molar-refractivity contribution in [2.75, 3.05) is 6.54 Å². The summed E-state index contributed by atoms with van der Waals surface area (Å²) in [5, 5.41) is 14.7. The minimum Gasteiger partial charge on any atom is -0.481 e. The van der Waals surface area contributed by atoms with Crippen molar-refractivity contribution >= 4 is 16.7 Å². The second-order valence-electron chi connectivity index (χ2n) is 4.99. The number of rotatable bonds is 5. The number of hydrogen-bond acceptors (Lipinski definition) is 2. The van der Waals surface area contributed by atoms with Crippen LogP contribution in [-0.2, 0) is 10.3 Å². The van der Waals surface area contributed by atoms with Crippen LogP contribution in [0.25, 0.3) is 10.8 Å². The number of carboxylic acids is 1. The smallest absolute Gasteiger partial charge is 0.305 e. The normalized spacial score (nSPS) is 14.2. The van der Waals surface area contributed by atoms with E-state index in [4.69, 9.17) is 5.11 Å². The Bertz CT molecular complexity index is 594. The summed E-state index contributed by atoms with van der Waals surface area (Å²) in [6.07, 6.45) is 0.0686. The van der Waals surface area contributed by atoms with Crippen molar-refractivity contribution in [1.29, 1.82) is 0 Å². The van der Waals surface area contributed by atoms with Gasteiger partial charge in [-0.15, -0.1) is 0 Å². The molecule has 0 saturated carbocycles. The third-order valence-corrected chi connectivity index (χ3v) is 3.46. The van der Waals surface area contributed by atoms with Crippen LogP contribution in [0.4, 0.5) is 0 Å². The monoisotopic (exact) mass is 257 g/mol. The number of fused-ring (bicyclic) bond motifs is 1. The molecule has 2 N–H and O–H groups in total. The third kappa shape index (κ3) is 2.93. The fourth-order valence-electron chi connectivity index (χ4n) is 2.49. The molecule has 0 aliphatic carbocycles. The molecule has 0 heterocycles. The standard InChI is InChI=1S/C16H19NO2/c1-3-17-16(2,11-15(18)19)14-9-8-12-6-4-5-7-13(12)10-14/h4-10,17H,3,11H2,1-2H3,(H,18,19). The molecule has 2 rings (SSSR count). The molecule has 3 heteroatoms. The second kappa shape index (κ2) is 5.41. The van der Waals surface area contributed by atoms with E-state index in [1.807, 2.05) is 44.2 Å². The van der Waals surface area contributed by atoms with Crippen LogP contribution in [0.15, 0.2) is 42.5 Å². The highest BCUT2D eigenvalue weighted by atomic mass is 16.4. The van der Waals surface area contributed by atoms with Gasteiger partial charge in [0.15, 0.2) is 0 Å². The van der Waals surface area contributed by atoms with Gasteiger partial charge in [0.1, 0.15) is 0 Å². The number of hydrogen-bond donors (Lipinski definition) is 2. The van der Waals surface area contributed by atoms with Gasteiger partial charge in [-0.25, -0.2) is 0 Å². The highest BCUT2D eigenvalue weighted by Crippen LogP contribution is 2.27. The van der Waals surface area contributed by atoms with Gasteiger partial charge in [0.2, 0.25) is 0 Å². The fourth-order valence-corrected chi connectivity index (χ4v) is 2.49. The molecule has 0 bridgehead atoms. The molecule has 0 aliphatic heterocycles. The maximum absolute atomic E-state index is 11.1. The molecular weight excluding hydrogens is 238 g/mol. The van der Waals surface area contributed by atoms with Crippen LogP contribution in [0.2, 0.25) is 0 Å². The molecule has 1 unspecified atom stereocenters. The lowest BCUT2D eigenvalue weighted by molar-refractivity contribution is -0.138. The van der Waals surface area contributed by atoms with Gasteiger partial charge in [0.05, 0.1) is 12.0 Å². The maximum atomic E-state index is 11.1. The molecule has 0 aliphatic rings. The molecule has 0 spiro atoms. The molecule has 1 atom stereocenters. The Morgan fingerprint density at radius 2 is 1.89 bits per heavy atom. The first kappa shape index (κ1) is 13.6. The Morgan fingerprint density at radius 1 is 1.21 bits per heavy atom. The van der Waals surface area contributed by atoms with E-state index < -0.39 is 11.5 Å². The van der Waals surface area contributed by atoms with Crippen molar-refractivity contribution in [2.24, 2.45) is 0 Å². The van der Waals surface area contributed by atoms with Crippen LogP contribution in [0, 0.1) is 0 Å². The summed E-state index contributed by atoms with van der Waals surface area (Å²) in [6, 6.07) is 14.2. The molecule has 0 fully saturated rings. The average Bonchev–Trinajstić information content (AvgIpc) is 2.37. The second-order valence-corrected chi connectivity index (χ2v) is 4.99. The van der Waals surface area contributed by atoms with E-state index in [9.17, 15) is 4.79 Å². The van der Waals surface area contributed by atoms with Crippen LogP contribution in [0.5, 0.6) is 0 Å². The first-order valence-corrected chi connectivity index (χ1v) is 6.51. The zero-order valence-corrected chi connectivity index (χ0v) is 11.3. The van der Waals surface area contributed by atoms with Gasteiger partial charge in [-0.3, -0.25) is 4.79 Å². The van der Waals surface area contributed by atoms with Crippen LogP contribution >= 0.6 is 0 Å². The number of benzene rings is 2. The Hall–Kier alpha value is -1.87. The van der Waals surface area contributed by atoms with E-state index in [0.29, 0.717) is 0 Å². The maximum Gasteiger partial charge on any atom is 0.305 e. The molecule has 100 valence electrons. The van der Waals surface area contributed by atoms with Gasteiger partial charge in [0, 0.05) is 0 Å². The summed E-state index contributed by atoms with van der Waals surface area (Å²) in [7, 11) is 0. The molecular formula is C16H19NO2. The molecule has 2 aromatic rings. The zero-order chi connectivity index (χ0) is 13.9. The van der Waals surface area contributed by atoms with Crippen molar-refractivity contribution in [2.45, 2.75) is 25.8 Å². The third-order valence-electron chi connectivity index (χ3n) is 3.46. The average molecular weight is 257 g/mol. The van der Waals surface area contributed by atoms with E-state index in [0.717, 1.165) is 17.5 Å². The van der Waals surface area contributed by atoms with Crippen molar-refractivity contribution in [3.05, 3.63) is 48.0 Å². The molecule has 0 amide bonds. The van der Waals surface area contributed by atoms with Crippen molar-refractivity contribution in [1.82, 2.24) is 5.32 Å². The summed E-state index contributed by atoms with van der Waals surface area (Å²) in [5.41, 5.74) is 0.473. The van der Waals surface area contributed by atoms with E-state index in [1.54, 1.807) is 0 Å². The van der Waals surface area contributed by atoms with Crippen molar-refractivity contribution in [3.8, 4) is 0 Å². The summed E-state index contributed by atoms with van der Waals surface area (Å²) in [4.78, 5) is 11.1. The quantitative estimate of drug-likeness (QED) is 0.865. The number of nitrogens with one attached hydrogen (secondary N) is 1. The van der Waals surface area contributed by atoms with Gasteiger partial charge in [-0.1, -0.05) is 43.3 Å². The van der Waals surface area contributed by atoms with Gasteiger partial charge in [0.25, 0.3) is 0 Å². The van der Waals surface area contributed by atoms with Crippen LogP contribution in [-0.4, -0.2) is 17.6 Å². The number of carbonyl (C=O) groups is 1. The van der Waals surface area contributed by atoms with Crippen LogP contribution in [0.3, 0.4) is 0 Å². The van der Waals surface area contributed by atoms with Crippen molar-refractivity contribution < 1.29 is 9.90 Å². The highest BCUT2D eigenvalue weighted by molar-refractivity contribution is 5.83.